The summed E-state index contributed by atoms with van der Waals surface area (Å²) in [5.74, 6) is -4.28. The third kappa shape index (κ3) is 10.2. The number of guanidine groups is 1. The van der Waals surface area contributed by atoms with Crippen molar-refractivity contribution in [2.24, 2.45) is 22.2 Å². The van der Waals surface area contributed by atoms with Gasteiger partial charge in [0.25, 0.3) is 0 Å². The number of carboxylic acids is 1. The first-order chi connectivity index (χ1) is 14.1. The molecule has 0 aliphatic heterocycles. The van der Waals surface area contributed by atoms with E-state index in [0.717, 1.165) is 0 Å². The number of hydrogen-bond acceptors (Lipinski definition) is 9. The Hall–Kier alpha value is -2.62. The molecule has 0 bridgehead atoms. The Morgan fingerprint density at radius 2 is 1.43 bits per heavy atom. The molecular formula is C15H29N7O7S. The van der Waals surface area contributed by atoms with Crippen LogP contribution in [0, 0.1) is 0 Å². The fourth-order valence-corrected chi connectivity index (χ4v) is 2.31. The Morgan fingerprint density at radius 1 is 0.900 bits per heavy atom. The molecule has 0 aromatic rings. The van der Waals surface area contributed by atoms with Crippen LogP contribution in [0.4, 0.5) is 0 Å². The second-order valence-corrected chi connectivity index (χ2v) is 6.49. The van der Waals surface area contributed by atoms with Gasteiger partial charge in [-0.05, 0) is 12.8 Å². The number of rotatable bonds is 14. The number of thiol groups is 1. The summed E-state index contributed by atoms with van der Waals surface area (Å²) < 4.78 is 0. The molecule has 15 heteroatoms. The molecule has 0 aliphatic carbocycles. The summed E-state index contributed by atoms with van der Waals surface area (Å²) in [6.45, 7) is -1.31. The number of carbonyl (C=O) groups excluding carboxylic acids is 3. The molecule has 0 spiro atoms. The topological polar surface area (TPSA) is 255 Å². The number of carboxylic acid groups (broad SMARTS) is 1. The molecule has 30 heavy (non-hydrogen) atoms. The van der Waals surface area contributed by atoms with Gasteiger partial charge in [0.2, 0.25) is 17.7 Å². The summed E-state index contributed by atoms with van der Waals surface area (Å²) in [6, 6.07) is -5.26. The number of aliphatic hydroxyl groups excluding tert-OH is 2. The first-order valence-electron chi connectivity index (χ1n) is 8.84. The summed E-state index contributed by atoms with van der Waals surface area (Å²) in [4.78, 5) is 51.3. The van der Waals surface area contributed by atoms with E-state index >= 15 is 0 Å². The van der Waals surface area contributed by atoms with Crippen molar-refractivity contribution in [1.82, 2.24) is 16.0 Å². The molecule has 14 nitrogen and oxygen atoms in total. The van der Waals surface area contributed by atoms with Gasteiger partial charge in [-0.15, -0.1) is 0 Å². The smallest absolute Gasteiger partial charge is 0.326 e. The Labute approximate surface area is 178 Å². The Bertz CT molecular complexity index is 630. The van der Waals surface area contributed by atoms with Crippen LogP contribution in [0.5, 0.6) is 0 Å². The molecule has 4 unspecified atom stereocenters. The van der Waals surface area contributed by atoms with Crippen molar-refractivity contribution in [2.45, 2.75) is 37.0 Å². The van der Waals surface area contributed by atoms with E-state index in [1.54, 1.807) is 0 Å². The number of aliphatic hydroxyl groups is 2. The van der Waals surface area contributed by atoms with Crippen LogP contribution < -0.4 is 33.2 Å². The van der Waals surface area contributed by atoms with Crippen LogP contribution >= 0.6 is 12.6 Å². The predicted molar refractivity (Wildman–Crippen MR) is 109 cm³/mol. The summed E-state index contributed by atoms with van der Waals surface area (Å²) in [5.41, 5.74) is 15.7. The van der Waals surface area contributed by atoms with Crippen LogP contribution in [0.3, 0.4) is 0 Å². The number of amides is 3. The highest BCUT2D eigenvalue weighted by Crippen LogP contribution is 2.01. The molecule has 0 radical (unpaired) electrons. The van der Waals surface area contributed by atoms with Crippen molar-refractivity contribution in [1.29, 1.82) is 0 Å². The molecule has 172 valence electrons. The largest absolute Gasteiger partial charge is 0.480 e. The number of hydrogen-bond donors (Lipinski definition) is 10. The average molecular weight is 452 g/mol. The zero-order chi connectivity index (χ0) is 23.3. The number of nitrogens with zero attached hydrogens (tertiary/aromatic N) is 1. The first kappa shape index (κ1) is 27.4. The fourth-order valence-electron chi connectivity index (χ4n) is 2.06. The monoisotopic (exact) mass is 451 g/mol. The minimum atomic E-state index is -1.44. The zero-order valence-corrected chi connectivity index (χ0v) is 17.0. The van der Waals surface area contributed by atoms with Crippen molar-refractivity contribution in [3.8, 4) is 0 Å². The van der Waals surface area contributed by atoms with E-state index in [9.17, 15) is 29.4 Å². The number of carbonyl (C=O) groups is 4. The molecule has 4 atom stereocenters. The molecule has 0 aromatic carbocycles. The highest BCUT2D eigenvalue weighted by atomic mass is 32.1. The first-order valence-corrected chi connectivity index (χ1v) is 9.48. The van der Waals surface area contributed by atoms with E-state index in [1.807, 2.05) is 0 Å². The Kier molecular flexibility index (Phi) is 13.1. The van der Waals surface area contributed by atoms with Crippen molar-refractivity contribution in [3.05, 3.63) is 0 Å². The van der Waals surface area contributed by atoms with Crippen LogP contribution in [0.2, 0.25) is 0 Å². The van der Waals surface area contributed by atoms with Gasteiger partial charge < -0.3 is 48.5 Å². The summed E-state index contributed by atoms with van der Waals surface area (Å²) >= 11 is 3.96. The number of nitrogens with two attached hydrogens (primary N) is 3. The van der Waals surface area contributed by atoms with Crippen LogP contribution in [0.25, 0.3) is 0 Å². The lowest BCUT2D eigenvalue weighted by atomic mass is 10.1. The molecule has 3 amide bonds. The third-order valence-electron chi connectivity index (χ3n) is 3.72. The Morgan fingerprint density at radius 3 is 1.90 bits per heavy atom. The lowest BCUT2D eigenvalue weighted by Gasteiger charge is -2.23. The maximum Gasteiger partial charge on any atom is 0.326 e. The molecule has 0 fully saturated rings. The van der Waals surface area contributed by atoms with Crippen molar-refractivity contribution < 1.29 is 34.5 Å². The molecule has 0 aromatic heterocycles. The average Bonchev–Trinajstić information content (AvgIpc) is 2.70. The molecule has 0 aliphatic rings. The van der Waals surface area contributed by atoms with E-state index in [2.05, 4.69) is 33.6 Å². The van der Waals surface area contributed by atoms with Gasteiger partial charge in [0, 0.05) is 12.3 Å². The SMILES string of the molecule is NC(N)=NCCCC(NC(=O)C(CS)NC(=O)C(CO)NC(=O)C(N)CO)C(=O)O. The van der Waals surface area contributed by atoms with Crippen molar-refractivity contribution in [2.75, 3.05) is 25.5 Å². The molecule has 12 N–H and O–H groups in total. The van der Waals surface area contributed by atoms with Crippen molar-refractivity contribution >= 4 is 42.3 Å². The highest BCUT2D eigenvalue weighted by molar-refractivity contribution is 7.80. The number of aliphatic imine (C=N–C) groups is 1. The lowest BCUT2D eigenvalue weighted by molar-refractivity contribution is -0.142. The van der Waals surface area contributed by atoms with Gasteiger partial charge in [0.05, 0.1) is 13.2 Å². The summed E-state index contributed by atoms with van der Waals surface area (Å²) in [5, 5.41) is 34.0. The summed E-state index contributed by atoms with van der Waals surface area (Å²) in [7, 11) is 0. The molecule has 0 saturated carbocycles. The van der Waals surface area contributed by atoms with Gasteiger partial charge in [-0.25, -0.2) is 4.79 Å². The van der Waals surface area contributed by atoms with Crippen LogP contribution in [0.15, 0.2) is 4.99 Å². The van der Waals surface area contributed by atoms with E-state index in [1.165, 1.54) is 0 Å². The van der Waals surface area contributed by atoms with E-state index in [-0.39, 0.29) is 31.1 Å². The second-order valence-electron chi connectivity index (χ2n) is 6.12. The standard InChI is InChI=1S/C15H29N7O7S/c16-7(4-23)11(25)21-9(5-24)12(26)22-10(6-30)13(27)20-8(14(28)29)2-1-3-19-15(17)18/h7-10,23-24,30H,1-6,16H2,(H,20,27)(H,21,25)(H,22,26)(H,28,29)(H4,17,18,19). The van der Waals surface area contributed by atoms with Gasteiger partial charge in [-0.2, -0.15) is 12.6 Å². The zero-order valence-electron chi connectivity index (χ0n) is 16.2. The van der Waals surface area contributed by atoms with E-state index in [0.29, 0.717) is 0 Å². The van der Waals surface area contributed by atoms with Gasteiger partial charge in [-0.1, -0.05) is 0 Å². The van der Waals surface area contributed by atoms with E-state index in [4.69, 9.17) is 22.3 Å². The van der Waals surface area contributed by atoms with Crippen LogP contribution in [-0.2, 0) is 19.2 Å². The van der Waals surface area contributed by atoms with Crippen molar-refractivity contribution in [3.63, 3.8) is 0 Å². The molecule has 0 saturated heterocycles. The molecular weight excluding hydrogens is 422 g/mol. The maximum atomic E-state index is 12.3. The van der Waals surface area contributed by atoms with E-state index < -0.39 is 61.1 Å². The number of aliphatic carboxylic acids is 1. The van der Waals surface area contributed by atoms with Gasteiger partial charge >= 0.3 is 5.97 Å². The van der Waals surface area contributed by atoms with Crippen LogP contribution in [0.1, 0.15) is 12.8 Å². The highest BCUT2D eigenvalue weighted by Gasteiger charge is 2.29. The van der Waals surface area contributed by atoms with Gasteiger partial charge in [-0.3, -0.25) is 19.4 Å². The normalized spacial score (nSPS) is 14.5. The fraction of sp³-hybridized carbons (Fsp3) is 0.667. The van der Waals surface area contributed by atoms with Gasteiger partial charge in [0.15, 0.2) is 5.96 Å². The predicted octanol–water partition coefficient (Wildman–Crippen LogP) is -5.18. The minimum absolute atomic E-state index is 0.0272. The number of nitrogens with one attached hydrogen (secondary N) is 3. The van der Waals surface area contributed by atoms with Crippen LogP contribution in [-0.4, -0.2) is 94.6 Å². The quantitative estimate of drug-likeness (QED) is 0.0519. The lowest BCUT2D eigenvalue weighted by Crippen LogP contribution is -2.58. The molecule has 0 heterocycles. The molecule has 0 rings (SSSR count). The second kappa shape index (κ2) is 14.4. The third-order valence-corrected chi connectivity index (χ3v) is 4.09. The summed E-state index contributed by atoms with van der Waals surface area (Å²) in [6.07, 6.45) is 0.302. The maximum absolute atomic E-state index is 12.3. The minimum Gasteiger partial charge on any atom is -0.480 e. The Balaban J connectivity index is 4.92. The van der Waals surface area contributed by atoms with Gasteiger partial charge in [0.1, 0.15) is 24.2 Å².